The molecule has 5 aromatic rings. The Balaban J connectivity index is 1.14. The zero-order valence-corrected chi connectivity index (χ0v) is 38.0. The van der Waals surface area contributed by atoms with Gasteiger partial charge in [0.2, 0.25) is 17.7 Å². The molecule has 0 heterocycles. The zero-order chi connectivity index (χ0) is 46.2. The molecule has 0 aliphatic heterocycles. The number of nitrogens with one attached hydrogen (secondary N) is 2. The van der Waals surface area contributed by atoms with E-state index in [9.17, 15) is 24.0 Å². The average molecular weight is 866 g/mol. The van der Waals surface area contributed by atoms with E-state index in [0.717, 1.165) is 38.6 Å². The number of carbonyl (C=O) groups is 5. The van der Waals surface area contributed by atoms with Crippen LogP contribution in [-0.4, -0.2) is 84.1 Å². The number of hydrogen-bond acceptors (Lipinski definition) is 7. The summed E-state index contributed by atoms with van der Waals surface area (Å²) in [4.78, 5) is 70.2. The standard InChI is InChI=1S/C52H59N5O7/c1-35(58)57(54-50(62)63-34-44-42-23-14-12-21-40(42)41-22-13-15-24-43(41)44)45-25-16-11-19-38(45)29-31-55(7)48(60)46(33-36-27-28-37-18-9-10-20-39(37)32-36)56(8)47(59)26-17-30-52(5,6)53-49(61)64-51(2,3)4/h9-28,32,44,46H,29-31,33-34H2,1-8H3,(H,53,61)(H,54,62)/b26-17+/t46-/m1/s1. The summed E-state index contributed by atoms with van der Waals surface area (Å²) in [6, 6.07) is 36.4. The van der Waals surface area contributed by atoms with Crippen LogP contribution in [0.4, 0.5) is 15.3 Å². The maximum absolute atomic E-state index is 14.5. The van der Waals surface area contributed by atoms with Gasteiger partial charge in [-0.15, -0.1) is 0 Å². The maximum Gasteiger partial charge on any atom is 0.426 e. The maximum atomic E-state index is 14.5. The second-order valence-electron chi connectivity index (χ2n) is 17.9. The second kappa shape index (κ2) is 20.0. The number of hydrogen-bond donors (Lipinski definition) is 2. The van der Waals surface area contributed by atoms with Gasteiger partial charge in [0.05, 0.1) is 5.69 Å². The molecular weight excluding hydrogens is 807 g/mol. The molecule has 0 saturated heterocycles. The van der Waals surface area contributed by atoms with Crippen molar-refractivity contribution in [1.82, 2.24) is 20.5 Å². The van der Waals surface area contributed by atoms with Crippen molar-refractivity contribution in [2.45, 2.75) is 83.9 Å². The first kappa shape index (κ1) is 46.6. The molecule has 0 bridgehead atoms. The number of nitrogens with zero attached hydrogens (tertiary/aromatic N) is 3. The van der Waals surface area contributed by atoms with Gasteiger partial charge in [0.15, 0.2) is 0 Å². The minimum absolute atomic E-state index is 0.0799. The van der Waals surface area contributed by atoms with Crippen molar-refractivity contribution >= 4 is 46.4 Å². The average Bonchev–Trinajstić information content (AvgIpc) is 3.57. The third-order valence-electron chi connectivity index (χ3n) is 11.3. The second-order valence-corrected chi connectivity index (χ2v) is 17.9. The topological polar surface area (TPSA) is 138 Å². The van der Waals surface area contributed by atoms with Crippen LogP contribution in [0.15, 0.2) is 127 Å². The molecule has 6 rings (SSSR count). The fourth-order valence-electron chi connectivity index (χ4n) is 7.96. The number of para-hydroxylation sites is 1. The van der Waals surface area contributed by atoms with Gasteiger partial charge in [-0.3, -0.25) is 14.4 Å². The number of likely N-dealkylation sites (N-methyl/N-ethyl adjacent to an activating group) is 2. The van der Waals surface area contributed by atoms with Gasteiger partial charge in [0, 0.05) is 45.4 Å². The van der Waals surface area contributed by atoms with Crippen LogP contribution in [0.2, 0.25) is 0 Å². The number of amides is 5. The Morgan fingerprint density at radius 1 is 0.750 bits per heavy atom. The van der Waals surface area contributed by atoms with Crippen LogP contribution in [0.5, 0.6) is 0 Å². The minimum Gasteiger partial charge on any atom is -0.447 e. The Kier molecular flexibility index (Phi) is 14.6. The van der Waals surface area contributed by atoms with E-state index in [-0.39, 0.29) is 37.3 Å². The molecule has 12 nitrogen and oxygen atoms in total. The van der Waals surface area contributed by atoms with E-state index in [1.807, 2.05) is 105 Å². The summed E-state index contributed by atoms with van der Waals surface area (Å²) in [6.45, 7) is 10.7. The fourth-order valence-corrected chi connectivity index (χ4v) is 7.96. The van der Waals surface area contributed by atoms with Crippen molar-refractivity contribution in [3.63, 3.8) is 0 Å². The third-order valence-corrected chi connectivity index (χ3v) is 11.3. The van der Waals surface area contributed by atoms with E-state index in [4.69, 9.17) is 9.47 Å². The Hall–Kier alpha value is -6.95. The molecule has 334 valence electrons. The predicted molar refractivity (Wildman–Crippen MR) is 251 cm³/mol. The Morgan fingerprint density at radius 2 is 1.36 bits per heavy atom. The summed E-state index contributed by atoms with van der Waals surface area (Å²) in [5, 5.41) is 6.10. The van der Waals surface area contributed by atoms with Crippen LogP contribution in [0.1, 0.15) is 76.1 Å². The van der Waals surface area contributed by atoms with Gasteiger partial charge in [-0.1, -0.05) is 115 Å². The van der Waals surface area contributed by atoms with Gasteiger partial charge in [0.25, 0.3) is 0 Å². The molecule has 1 aliphatic rings. The number of alkyl carbamates (subject to hydrolysis) is 1. The monoisotopic (exact) mass is 865 g/mol. The number of carbonyl (C=O) groups excluding carboxylic acids is 5. The summed E-state index contributed by atoms with van der Waals surface area (Å²) in [7, 11) is 3.30. The Bertz CT molecular complexity index is 2500. The first-order valence-corrected chi connectivity index (χ1v) is 21.6. The number of anilines is 1. The van der Waals surface area contributed by atoms with Crippen molar-refractivity contribution < 1.29 is 33.4 Å². The molecule has 0 fully saturated rings. The molecule has 12 heteroatoms. The largest absolute Gasteiger partial charge is 0.447 e. The Morgan fingerprint density at radius 3 is 2.02 bits per heavy atom. The predicted octanol–water partition coefficient (Wildman–Crippen LogP) is 8.97. The first-order chi connectivity index (χ1) is 30.4. The van der Waals surface area contributed by atoms with Crippen molar-refractivity contribution in [3.8, 4) is 11.1 Å². The lowest BCUT2D eigenvalue weighted by Crippen LogP contribution is -2.49. The highest BCUT2D eigenvalue weighted by atomic mass is 16.6. The molecule has 5 amide bonds. The highest BCUT2D eigenvalue weighted by Crippen LogP contribution is 2.44. The molecule has 64 heavy (non-hydrogen) atoms. The SMILES string of the molecule is CC(=O)N(NC(=O)OCC1c2ccccc2-c2ccccc21)c1ccccc1CCN(C)C(=O)[C@@H](Cc1ccc2ccccc2c1)N(C)C(=O)/C=C/CC(C)(C)NC(=O)OC(C)(C)C. The molecule has 0 aromatic heterocycles. The quantitative estimate of drug-likeness (QED) is 0.0840. The number of rotatable bonds is 14. The molecule has 0 saturated carbocycles. The van der Waals surface area contributed by atoms with Gasteiger partial charge in [-0.05, 0) is 104 Å². The van der Waals surface area contributed by atoms with Crippen LogP contribution in [0.3, 0.4) is 0 Å². The van der Waals surface area contributed by atoms with E-state index in [0.29, 0.717) is 24.1 Å². The molecule has 0 spiro atoms. The van der Waals surface area contributed by atoms with Crippen LogP contribution in [0, 0.1) is 0 Å². The lowest BCUT2D eigenvalue weighted by atomic mass is 9.98. The molecular formula is C52H59N5O7. The summed E-state index contributed by atoms with van der Waals surface area (Å²) >= 11 is 0. The number of benzene rings is 5. The molecule has 1 aliphatic carbocycles. The molecule has 0 radical (unpaired) electrons. The van der Waals surface area contributed by atoms with E-state index in [2.05, 4.69) is 22.9 Å². The number of ether oxygens (including phenoxy) is 2. The fraction of sp³-hybridized carbons (Fsp3) is 0.327. The van der Waals surface area contributed by atoms with Crippen molar-refractivity contribution in [1.29, 1.82) is 0 Å². The smallest absolute Gasteiger partial charge is 0.426 e. The molecule has 5 aromatic carbocycles. The van der Waals surface area contributed by atoms with Crippen LogP contribution < -0.4 is 15.8 Å². The van der Waals surface area contributed by atoms with Crippen molar-refractivity contribution in [3.05, 3.63) is 150 Å². The number of fused-ring (bicyclic) bond motifs is 4. The van der Waals surface area contributed by atoms with Gasteiger partial charge >= 0.3 is 12.2 Å². The highest BCUT2D eigenvalue weighted by Gasteiger charge is 2.32. The minimum atomic E-state index is -0.865. The lowest BCUT2D eigenvalue weighted by molar-refractivity contribution is -0.141. The van der Waals surface area contributed by atoms with E-state index in [1.165, 1.54) is 22.9 Å². The first-order valence-electron chi connectivity index (χ1n) is 21.6. The van der Waals surface area contributed by atoms with E-state index < -0.39 is 35.3 Å². The summed E-state index contributed by atoms with van der Waals surface area (Å²) < 4.78 is 11.2. The van der Waals surface area contributed by atoms with Gasteiger partial charge < -0.3 is 24.6 Å². The van der Waals surface area contributed by atoms with E-state index >= 15 is 0 Å². The van der Waals surface area contributed by atoms with Gasteiger partial charge in [-0.2, -0.15) is 0 Å². The van der Waals surface area contributed by atoms with Crippen molar-refractivity contribution in [2.24, 2.45) is 0 Å². The Labute approximate surface area is 376 Å². The lowest BCUT2D eigenvalue weighted by Gasteiger charge is -2.31. The molecule has 1 atom stereocenters. The van der Waals surface area contributed by atoms with Gasteiger partial charge in [0.1, 0.15) is 18.2 Å². The summed E-state index contributed by atoms with van der Waals surface area (Å²) in [5.41, 5.74) is 7.68. The summed E-state index contributed by atoms with van der Waals surface area (Å²) in [5.74, 6) is -1.23. The molecule has 2 N–H and O–H groups in total. The van der Waals surface area contributed by atoms with Crippen LogP contribution in [-0.2, 0) is 36.7 Å². The highest BCUT2D eigenvalue weighted by molar-refractivity contribution is 5.95. The van der Waals surface area contributed by atoms with E-state index in [1.54, 1.807) is 58.0 Å². The van der Waals surface area contributed by atoms with Crippen LogP contribution in [0.25, 0.3) is 21.9 Å². The van der Waals surface area contributed by atoms with Gasteiger partial charge in [-0.25, -0.2) is 20.0 Å². The normalized spacial score (nSPS) is 12.8. The van der Waals surface area contributed by atoms with Crippen LogP contribution >= 0.6 is 0 Å². The van der Waals surface area contributed by atoms with Crippen molar-refractivity contribution in [2.75, 3.05) is 32.3 Å². The summed E-state index contributed by atoms with van der Waals surface area (Å²) in [6.07, 6.45) is 2.70. The zero-order valence-electron chi connectivity index (χ0n) is 38.0. The molecule has 0 unspecified atom stereocenters. The number of hydrazine groups is 1. The third kappa shape index (κ3) is 11.7.